The highest BCUT2D eigenvalue weighted by Crippen LogP contribution is 2.10. The molecule has 0 aromatic heterocycles. The summed E-state index contributed by atoms with van der Waals surface area (Å²) in [6.07, 6.45) is 11.9. The summed E-state index contributed by atoms with van der Waals surface area (Å²) in [7, 11) is 0. The van der Waals surface area contributed by atoms with Gasteiger partial charge in [0.1, 0.15) is 11.5 Å². The molecule has 0 aromatic rings. The van der Waals surface area contributed by atoms with Crippen molar-refractivity contribution in [1.82, 2.24) is 0 Å². The van der Waals surface area contributed by atoms with Gasteiger partial charge in [-0.2, -0.15) is 0 Å². The van der Waals surface area contributed by atoms with Gasteiger partial charge in [-0.05, 0) is 37.6 Å². The van der Waals surface area contributed by atoms with Crippen LogP contribution in [0.3, 0.4) is 0 Å². The van der Waals surface area contributed by atoms with Crippen LogP contribution in [0.25, 0.3) is 0 Å². The first-order chi connectivity index (χ1) is 6.78. The summed E-state index contributed by atoms with van der Waals surface area (Å²) in [5.74, 6) is 1.54. The Bertz CT molecular complexity index is 267. The van der Waals surface area contributed by atoms with Gasteiger partial charge >= 0.3 is 0 Å². The first-order valence-electron chi connectivity index (χ1n) is 4.74. The van der Waals surface area contributed by atoms with E-state index in [2.05, 4.69) is 20.1 Å². The molecular weight excluding hydrogens is 172 g/mol. The largest absolute Gasteiger partial charge is 0.458 e. The van der Waals surface area contributed by atoms with E-state index in [1.165, 1.54) is 0 Å². The second-order valence-electron chi connectivity index (χ2n) is 2.63. The number of ether oxygens (including phenoxy) is 1. The van der Waals surface area contributed by atoms with Crippen LogP contribution in [0.4, 0.5) is 0 Å². The Balaban J connectivity index is 4.57. The molecule has 0 N–H and O–H groups in total. The summed E-state index contributed by atoms with van der Waals surface area (Å²) in [5.41, 5.74) is 0. The Kier molecular flexibility index (Phi) is 7.24. The Morgan fingerprint density at radius 3 is 2.43 bits per heavy atom. The molecule has 0 spiro atoms. The first-order valence-corrected chi connectivity index (χ1v) is 4.74. The van der Waals surface area contributed by atoms with Crippen molar-refractivity contribution in [3.63, 3.8) is 0 Å². The lowest BCUT2D eigenvalue weighted by Gasteiger charge is -2.06. The quantitative estimate of drug-likeness (QED) is 0.452. The third kappa shape index (κ3) is 5.20. The van der Waals surface area contributed by atoms with Gasteiger partial charge in [0.2, 0.25) is 0 Å². The average Bonchev–Trinajstić information content (AvgIpc) is 2.18. The second-order valence-corrected chi connectivity index (χ2v) is 2.63. The fraction of sp³-hybridized carbons (Fsp3) is 0.231. The van der Waals surface area contributed by atoms with Crippen LogP contribution in [0.15, 0.2) is 61.1 Å². The molecule has 14 heavy (non-hydrogen) atoms. The van der Waals surface area contributed by atoms with Gasteiger partial charge in [-0.15, -0.1) is 0 Å². The fourth-order valence-corrected chi connectivity index (χ4v) is 0.908. The molecule has 0 amide bonds. The van der Waals surface area contributed by atoms with Gasteiger partial charge in [-0.25, -0.2) is 0 Å². The smallest absolute Gasteiger partial charge is 0.127 e. The minimum absolute atomic E-state index is 0.766. The van der Waals surface area contributed by atoms with Crippen LogP contribution < -0.4 is 0 Å². The first kappa shape index (κ1) is 12.5. The molecular formula is C13H18O. The molecule has 0 aliphatic carbocycles. The topological polar surface area (TPSA) is 9.23 Å². The van der Waals surface area contributed by atoms with Crippen molar-refractivity contribution >= 4 is 0 Å². The van der Waals surface area contributed by atoms with Crippen LogP contribution in [0.5, 0.6) is 0 Å². The number of allylic oxidation sites excluding steroid dienone is 6. The summed E-state index contributed by atoms with van der Waals surface area (Å²) < 4.78 is 5.57. The van der Waals surface area contributed by atoms with Gasteiger partial charge < -0.3 is 4.74 Å². The van der Waals surface area contributed by atoms with Crippen molar-refractivity contribution in [2.24, 2.45) is 0 Å². The Labute approximate surface area is 86.8 Å². The van der Waals surface area contributed by atoms with Gasteiger partial charge in [-0.1, -0.05) is 32.2 Å². The molecule has 76 valence electrons. The third-order valence-corrected chi connectivity index (χ3v) is 1.46. The normalized spacial score (nSPS) is 13.0. The van der Waals surface area contributed by atoms with Gasteiger partial charge in [-0.3, -0.25) is 0 Å². The van der Waals surface area contributed by atoms with Gasteiger partial charge in [0.15, 0.2) is 0 Å². The summed E-state index contributed by atoms with van der Waals surface area (Å²) in [6, 6.07) is 0. The molecule has 0 unspecified atom stereocenters. The zero-order valence-electron chi connectivity index (χ0n) is 8.99. The molecule has 1 nitrogen and oxygen atoms in total. The van der Waals surface area contributed by atoms with E-state index in [0.717, 1.165) is 17.9 Å². The van der Waals surface area contributed by atoms with E-state index in [0.29, 0.717) is 0 Å². The summed E-state index contributed by atoms with van der Waals surface area (Å²) in [5, 5.41) is 0. The highest BCUT2D eigenvalue weighted by molar-refractivity contribution is 5.21. The average molecular weight is 190 g/mol. The van der Waals surface area contributed by atoms with Crippen molar-refractivity contribution < 1.29 is 4.74 Å². The Hall–Kier alpha value is -1.50. The molecule has 0 atom stereocenters. The SMILES string of the molecule is C=C/C=C(\C=C/C)O/C(C=C)=C/CC. The molecule has 0 aromatic carbocycles. The van der Waals surface area contributed by atoms with Crippen molar-refractivity contribution in [1.29, 1.82) is 0 Å². The van der Waals surface area contributed by atoms with E-state index in [1.807, 2.05) is 31.2 Å². The molecule has 0 saturated carbocycles. The van der Waals surface area contributed by atoms with E-state index in [-0.39, 0.29) is 0 Å². The van der Waals surface area contributed by atoms with E-state index in [1.54, 1.807) is 12.2 Å². The summed E-state index contributed by atoms with van der Waals surface area (Å²) in [6.45, 7) is 11.3. The summed E-state index contributed by atoms with van der Waals surface area (Å²) in [4.78, 5) is 0. The highest BCUT2D eigenvalue weighted by Gasteiger charge is 1.94. The van der Waals surface area contributed by atoms with E-state index in [4.69, 9.17) is 4.74 Å². The highest BCUT2D eigenvalue weighted by atomic mass is 16.5. The zero-order chi connectivity index (χ0) is 10.8. The molecule has 1 heteroatoms. The van der Waals surface area contributed by atoms with Crippen molar-refractivity contribution in [2.45, 2.75) is 20.3 Å². The van der Waals surface area contributed by atoms with Crippen molar-refractivity contribution in [3.8, 4) is 0 Å². The predicted octanol–water partition coefficient (Wildman–Crippen LogP) is 4.13. The maximum absolute atomic E-state index is 5.57. The molecule has 0 rings (SSSR count). The molecule has 0 aliphatic rings. The Morgan fingerprint density at radius 1 is 1.29 bits per heavy atom. The second kappa shape index (κ2) is 8.11. The van der Waals surface area contributed by atoms with Crippen molar-refractivity contribution in [3.05, 3.63) is 61.1 Å². The number of rotatable bonds is 6. The molecule has 0 bridgehead atoms. The maximum atomic E-state index is 5.57. The fourth-order valence-electron chi connectivity index (χ4n) is 0.908. The summed E-state index contributed by atoms with van der Waals surface area (Å²) >= 11 is 0. The predicted molar refractivity (Wildman–Crippen MR) is 62.8 cm³/mol. The van der Waals surface area contributed by atoms with E-state index in [9.17, 15) is 0 Å². The van der Waals surface area contributed by atoms with Crippen molar-refractivity contribution in [2.75, 3.05) is 0 Å². The molecule has 0 heterocycles. The van der Waals surface area contributed by atoms with Crippen LogP contribution in [-0.4, -0.2) is 0 Å². The molecule has 0 fully saturated rings. The third-order valence-electron chi connectivity index (χ3n) is 1.46. The van der Waals surface area contributed by atoms with Crippen LogP contribution in [0.2, 0.25) is 0 Å². The van der Waals surface area contributed by atoms with E-state index >= 15 is 0 Å². The van der Waals surface area contributed by atoms with Gasteiger partial charge in [0.25, 0.3) is 0 Å². The minimum atomic E-state index is 0.766. The number of hydrogen-bond donors (Lipinski definition) is 0. The van der Waals surface area contributed by atoms with Crippen LogP contribution >= 0.6 is 0 Å². The number of hydrogen-bond acceptors (Lipinski definition) is 1. The minimum Gasteiger partial charge on any atom is -0.458 e. The van der Waals surface area contributed by atoms with Gasteiger partial charge in [0, 0.05) is 0 Å². The van der Waals surface area contributed by atoms with Gasteiger partial charge in [0.05, 0.1) is 0 Å². The molecule has 0 radical (unpaired) electrons. The molecule has 0 aliphatic heterocycles. The molecule has 0 saturated heterocycles. The zero-order valence-corrected chi connectivity index (χ0v) is 8.99. The standard InChI is InChI=1S/C13H18O/c1-5-9-12(8-4)14-13(10-6-2)11-7-3/h6-11H,2,4-5H2,1,3H3/b11-7-,12-9+,13-10+. The van der Waals surface area contributed by atoms with Crippen LogP contribution in [-0.2, 0) is 4.74 Å². The maximum Gasteiger partial charge on any atom is 0.127 e. The lowest BCUT2D eigenvalue weighted by atomic mass is 10.3. The Morgan fingerprint density at radius 2 is 2.00 bits per heavy atom. The lowest BCUT2D eigenvalue weighted by molar-refractivity contribution is 0.335. The van der Waals surface area contributed by atoms with E-state index < -0.39 is 0 Å². The van der Waals surface area contributed by atoms with Crippen LogP contribution in [0.1, 0.15) is 20.3 Å². The monoisotopic (exact) mass is 190 g/mol. The lowest BCUT2D eigenvalue weighted by Crippen LogP contribution is -1.87. The van der Waals surface area contributed by atoms with Crippen LogP contribution in [0, 0.1) is 0 Å².